The molecule has 0 aliphatic heterocycles. The summed E-state index contributed by atoms with van der Waals surface area (Å²) >= 11 is 0. The van der Waals surface area contributed by atoms with Crippen LogP contribution >= 0.6 is 0 Å². The SMILES string of the molecule is C=CCCCCCNCCCS(C)=O. The van der Waals surface area contributed by atoms with Crippen LogP contribution in [0.1, 0.15) is 32.1 Å². The number of allylic oxidation sites excluding steroid dienone is 1. The third-order valence-electron chi connectivity index (χ3n) is 2.05. The summed E-state index contributed by atoms with van der Waals surface area (Å²) in [6.07, 6.45) is 9.66. The zero-order chi connectivity index (χ0) is 10.6. The Morgan fingerprint density at radius 1 is 1.21 bits per heavy atom. The molecule has 2 nitrogen and oxygen atoms in total. The third-order valence-corrected chi connectivity index (χ3v) is 2.91. The standard InChI is InChI=1S/C11H23NOS/c1-3-4-5-6-7-9-12-10-8-11-14(2)13/h3,12H,1,4-11H2,2H3. The van der Waals surface area contributed by atoms with Crippen LogP contribution in [0.4, 0.5) is 0 Å². The van der Waals surface area contributed by atoms with Gasteiger partial charge >= 0.3 is 0 Å². The zero-order valence-electron chi connectivity index (χ0n) is 9.26. The Labute approximate surface area is 90.6 Å². The molecule has 14 heavy (non-hydrogen) atoms. The van der Waals surface area contributed by atoms with Gasteiger partial charge in [0.2, 0.25) is 0 Å². The second-order valence-electron chi connectivity index (χ2n) is 3.52. The molecule has 0 amide bonds. The van der Waals surface area contributed by atoms with E-state index in [2.05, 4.69) is 11.9 Å². The summed E-state index contributed by atoms with van der Waals surface area (Å²) in [5.41, 5.74) is 0. The first-order valence-electron chi connectivity index (χ1n) is 5.39. The summed E-state index contributed by atoms with van der Waals surface area (Å²) < 4.78 is 10.7. The molecule has 0 saturated carbocycles. The van der Waals surface area contributed by atoms with E-state index in [1.807, 2.05) is 6.08 Å². The Hall–Kier alpha value is -0.150. The zero-order valence-corrected chi connectivity index (χ0v) is 10.1. The summed E-state index contributed by atoms with van der Waals surface area (Å²) in [6.45, 7) is 5.78. The first-order valence-corrected chi connectivity index (χ1v) is 7.11. The van der Waals surface area contributed by atoms with Crippen LogP contribution in [0.25, 0.3) is 0 Å². The fourth-order valence-electron chi connectivity index (χ4n) is 1.24. The molecule has 0 bridgehead atoms. The summed E-state index contributed by atoms with van der Waals surface area (Å²) in [7, 11) is -0.628. The fourth-order valence-corrected chi connectivity index (χ4v) is 1.79. The molecule has 0 aromatic rings. The van der Waals surface area contributed by atoms with E-state index in [1.165, 1.54) is 19.3 Å². The molecule has 1 unspecified atom stereocenters. The molecule has 1 N–H and O–H groups in total. The predicted molar refractivity (Wildman–Crippen MR) is 65.1 cm³/mol. The molecule has 0 aliphatic carbocycles. The highest BCUT2D eigenvalue weighted by atomic mass is 32.2. The highest BCUT2D eigenvalue weighted by molar-refractivity contribution is 7.84. The quantitative estimate of drug-likeness (QED) is 0.448. The van der Waals surface area contributed by atoms with E-state index in [0.717, 1.165) is 31.7 Å². The van der Waals surface area contributed by atoms with Crippen molar-refractivity contribution in [1.82, 2.24) is 5.32 Å². The number of rotatable bonds is 10. The van der Waals surface area contributed by atoms with Gasteiger partial charge in [-0.25, -0.2) is 0 Å². The highest BCUT2D eigenvalue weighted by Crippen LogP contribution is 1.98. The Bertz CT molecular complexity index is 159. The number of unbranched alkanes of at least 4 members (excludes halogenated alkanes) is 3. The average molecular weight is 217 g/mol. The minimum atomic E-state index is -0.628. The lowest BCUT2D eigenvalue weighted by molar-refractivity contribution is 0.601. The summed E-state index contributed by atoms with van der Waals surface area (Å²) in [4.78, 5) is 0. The molecule has 1 atom stereocenters. The van der Waals surface area contributed by atoms with E-state index < -0.39 is 10.8 Å². The number of hydrogen-bond donors (Lipinski definition) is 1. The summed E-state index contributed by atoms with van der Waals surface area (Å²) in [5.74, 6) is 0.823. The van der Waals surface area contributed by atoms with Gasteiger partial charge in [0.25, 0.3) is 0 Å². The molecule has 0 saturated heterocycles. The maximum absolute atomic E-state index is 10.7. The van der Waals surface area contributed by atoms with Gasteiger partial charge < -0.3 is 5.32 Å². The predicted octanol–water partition coefficient (Wildman–Crippen LogP) is 2.09. The van der Waals surface area contributed by atoms with Gasteiger partial charge in [-0.3, -0.25) is 4.21 Å². The van der Waals surface area contributed by atoms with Crippen LogP contribution in [0.2, 0.25) is 0 Å². The lowest BCUT2D eigenvalue weighted by atomic mass is 10.2. The van der Waals surface area contributed by atoms with Crippen molar-refractivity contribution >= 4 is 10.8 Å². The van der Waals surface area contributed by atoms with Crippen LogP contribution in [-0.4, -0.2) is 29.3 Å². The normalized spacial score (nSPS) is 12.6. The minimum absolute atomic E-state index is 0.628. The highest BCUT2D eigenvalue weighted by Gasteiger charge is 1.91. The van der Waals surface area contributed by atoms with Crippen LogP contribution in [0, 0.1) is 0 Å². The van der Waals surface area contributed by atoms with Crippen LogP contribution in [-0.2, 0) is 10.8 Å². The maximum atomic E-state index is 10.7. The Morgan fingerprint density at radius 3 is 2.57 bits per heavy atom. The Balaban J connectivity index is 2.92. The topological polar surface area (TPSA) is 29.1 Å². The largest absolute Gasteiger partial charge is 0.317 e. The maximum Gasteiger partial charge on any atom is 0.0244 e. The molecule has 3 heteroatoms. The van der Waals surface area contributed by atoms with Gasteiger partial charge in [-0.15, -0.1) is 6.58 Å². The van der Waals surface area contributed by atoms with Gasteiger partial charge in [-0.1, -0.05) is 12.5 Å². The van der Waals surface area contributed by atoms with Crippen molar-refractivity contribution in [2.45, 2.75) is 32.1 Å². The van der Waals surface area contributed by atoms with Crippen molar-refractivity contribution in [3.63, 3.8) is 0 Å². The van der Waals surface area contributed by atoms with Crippen molar-refractivity contribution in [1.29, 1.82) is 0 Å². The van der Waals surface area contributed by atoms with Crippen molar-refractivity contribution in [2.75, 3.05) is 25.1 Å². The molecule has 0 spiro atoms. The van der Waals surface area contributed by atoms with Crippen molar-refractivity contribution in [2.24, 2.45) is 0 Å². The monoisotopic (exact) mass is 217 g/mol. The third kappa shape index (κ3) is 11.8. The van der Waals surface area contributed by atoms with Gasteiger partial charge in [0, 0.05) is 22.8 Å². The molecule has 0 fully saturated rings. The molecule has 0 aliphatic rings. The van der Waals surface area contributed by atoms with Gasteiger partial charge in [-0.05, 0) is 38.8 Å². The molecule has 0 aromatic carbocycles. The van der Waals surface area contributed by atoms with E-state index in [4.69, 9.17) is 0 Å². The second kappa shape index (κ2) is 10.9. The Morgan fingerprint density at radius 2 is 1.93 bits per heavy atom. The molecular formula is C11H23NOS. The van der Waals surface area contributed by atoms with E-state index in [-0.39, 0.29) is 0 Å². The van der Waals surface area contributed by atoms with Crippen LogP contribution in [0.15, 0.2) is 12.7 Å². The summed E-state index contributed by atoms with van der Waals surface area (Å²) in [5, 5.41) is 3.36. The molecule has 0 radical (unpaired) electrons. The van der Waals surface area contributed by atoms with Crippen molar-refractivity contribution < 1.29 is 4.21 Å². The van der Waals surface area contributed by atoms with E-state index in [9.17, 15) is 4.21 Å². The van der Waals surface area contributed by atoms with Crippen LogP contribution < -0.4 is 5.32 Å². The average Bonchev–Trinajstić information content (AvgIpc) is 2.15. The van der Waals surface area contributed by atoms with Gasteiger partial charge in [-0.2, -0.15) is 0 Å². The molecule has 0 heterocycles. The Kier molecular flexibility index (Phi) is 10.8. The molecule has 0 rings (SSSR count). The van der Waals surface area contributed by atoms with E-state index >= 15 is 0 Å². The fraction of sp³-hybridized carbons (Fsp3) is 0.818. The first kappa shape index (κ1) is 13.8. The minimum Gasteiger partial charge on any atom is -0.317 e. The summed E-state index contributed by atoms with van der Waals surface area (Å²) in [6, 6.07) is 0. The van der Waals surface area contributed by atoms with Gasteiger partial charge in [0.1, 0.15) is 0 Å². The van der Waals surface area contributed by atoms with Crippen LogP contribution in [0.3, 0.4) is 0 Å². The number of hydrogen-bond acceptors (Lipinski definition) is 2. The lowest BCUT2D eigenvalue weighted by Gasteiger charge is -2.03. The van der Waals surface area contributed by atoms with Crippen LogP contribution in [0.5, 0.6) is 0 Å². The smallest absolute Gasteiger partial charge is 0.0244 e. The van der Waals surface area contributed by atoms with Gasteiger partial charge in [0.15, 0.2) is 0 Å². The van der Waals surface area contributed by atoms with Crippen molar-refractivity contribution in [3.05, 3.63) is 12.7 Å². The number of nitrogens with one attached hydrogen (secondary N) is 1. The van der Waals surface area contributed by atoms with Gasteiger partial charge in [0.05, 0.1) is 0 Å². The van der Waals surface area contributed by atoms with Crippen molar-refractivity contribution in [3.8, 4) is 0 Å². The molecule has 84 valence electrons. The second-order valence-corrected chi connectivity index (χ2v) is 5.07. The first-order chi connectivity index (χ1) is 6.77. The molecular weight excluding hydrogens is 194 g/mol. The van der Waals surface area contributed by atoms with E-state index in [0.29, 0.717) is 0 Å². The lowest BCUT2D eigenvalue weighted by Crippen LogP contribution is -2.18. The molecule has 0 aromatic heterocycles. The van der Waals surface area contributed by atoms with E-state index in [1.54, 1.807) is 6.26 Å².